The van der Waals surface area contributed by atoms with Crippen LogP contribution in [-0.4, -0.2) is 36.1 Å². The number of hydrogen-bond acceptors (Lipinski definition) is 5. The molecular formula is C9H17O5Si-. The van der Waals surface area contributed by atoms with Gasteiger partial charge in [0.15, 0.2) is 0 Å². The van der Waals surface area contributed by atoms with Crippen molar-refractivity contribution in [2.45, 2.75) is 18.9 Å². The van der Waals surface area contributed by atoms with Crippen LogP contribution in [0.2, 0.25) is 6.04 Å². The molecule has 0 unspecified atom stereocenters. The average Bonchev–Trinajstić information content (AvgIpc) is 2.24. The van der Waals surface area contributed by atoms with Crippen molar-refractivity contribution in [2.24, 2.45) is 0 Å². The Morgan fingerprint density at radius 2 is 1.73 bits per heavy atom. The minimum absolute atomic E-state index is 0.0845. The van der Waals surface area contributed by atoms with Gasteiger partial charge in [0, 0.05) is 27.4 Å². The third-order valence-electron chi connectivity index (χ3n) is 2.18. The van der Waals surface area contributed by atoms with Gasteiger partial charge in [-0.05, 0) is 18.4 Å². The Labute approximate surface area is 91.0 Å². The molecule has 0 bridgehead atoms. The van der Waals surface area contributed by atoms with Gasteiger partial charge in [0.05, 0.1) is 5.97 Å². The van der Waals surface area contributed by atoms with Crippen LogP contribution in [0.25, 0.3) is 0 Å². The van der Waals surface area contributed by atoms with Crippen LogP contribution >= 0.6 is 0 Å². The fourth-order valence-corrected chi connectivity index (χ4v) is 2.90. The summed E-state index contributed by atoms with van der Waals surface area (Å²) in [6.45, 7) is 3.38. The van der Waals surface area contributed by atoms with Crippen molar-refractivity contribution in [3.8, 4) is 0 Å². The molecule has 5 nitrogen and oxygen atoms in total. The Morgan fingerprint density at radius 1 is 1.27 bits per heavy atom. The van der Waals surface area contributed by atoms with Gasteiger partial charge >= 0.3 is 8.80 Å². The van der Waals surface area contributed by atoms with E-state index in [1.54, 1.807) is 0 Å². The van der Waals surface area contributed by atoms with Crippen molar-refractivity contribution >= 4 is 14.8 Å². The highest BCUT2D eigenvalue weighted by Crippen LogP contribution is 2.17. The lowest BCUT2D eigenvalue weighted by Crippen LogP contribution is -2.42. The molecule has 0 heterocycles. The first-order valence-corrected chi connectivity index (χ1v) is 6.49. The molecule has 0 aromatic rings. The number of rotatable bonds is 8. The zero-order valence-electron chi connectivity index (χ0n) is 9.37. The molecule has 0 N–H and O–H groups in total. The molecule has 0 amide bonds. The fraction of sp³-hybridized carbons (Fsp3) is 0.667. The normalized spacial score (nSPS) is 11.4. The van der Waals surface area contributed by atoms with E-state index in [0.717, 1.165) is 0 Å². The topological polar surface area (TPSA) is 67.8 Å². The molecule has 0 radical (unpaired) electrons. The lowest BCUT2D eigenvalue weighted by molar-refractivity contribution is -0.299. The SMILES string of the molecule is C=C(CCC[Si](OC)(OC)OC)C(=O)[O-]. The van der Waals surface area contributed by atoms with Crippen molar-refractivity contribution in [1.29, 1.82) is 0 Å². The van der Waals surface area contributed by atoms with Gasteiger partial charge in [-0.1, -0.05) is 6.58 Å². The highest BCUT2D eigenvalue weighted by molar-refractivity contribution is 6.60. The second-order valence-electron chi connectivity index (χ2n) is 3.04. The van der Waals surface area contributed by atoms with Crippen molar-refractivity contribution in [3.63, 3.8) is 0 Å². The van der Waals surface area contributed by atoms with Crippen LogP contribution in [0.5, 0.6) is 0 Å². The molecule has 0 spiro atoms. The summed E-state index contributed by atoms with van der Waals surface area (Å²) in [6, 6.07) is 0.558. The summed E-state index contributed by atoms with van der Waals surface area (Å²) in [5, 5.41) is 10.4. The molecule has 0 aliphatic heterocycles. The molecule has 0 saturated heterocycles. The summed E-state index contributed by atoms with van der Waals surface area (Å²) < 4.78 is 15.5. The predicted octanol–water partition coefficient (Wildman–Crippen LogP) is -0.0492. The van der Waals surface area contributed by atoms with Gasteiger partial charge in [0.25, 0.3) is 0 Å². The first-order valence-electron chi connectivity index (χ1n) is 4.56. The number of carboxylic acid groups (broad SMARTS) is 1. The second-order valence-corrected chi connectivity index (χ2v) is 6.13. The highest BCUT2D eigenvalue weighted by Gasteiger charge is 2.36. The van der Waals surface area contributed by atoms with E-state index in [2.05, 4.69) is 6.58 Å². The molecule has 6 heteroatoms. The van der Waals surface area contributed by atoms with Crippen LogP contribution in [0.3, 0.4) is 0 Å². The van der Waals surface area contributed by atoms with Gasteiger partial charge in [-0.15, -0.1) is 0 Å². The first-order chi connectivity index (χ1) is 7.01. The number of carbonyl (C=O) groups excluding carboxylic acids is 1. The van der Waals surface area contributed by atoms with E-state index in [1.165, 1.54) is 21.3 Å². The van der Waals surface area contributed by atoms with Crippen molar-refractivity contribution in [1.82, 2.24) is 0 Å². The molecule has 0 saturated carbocycles. The van der Waals surface area contributed by atoms with Crippen LogP contribution in [0.1, 0.15) is 12.8 Å². The minimum atomic E-state index is -2.57. The Balaban J connectivity index is 4.02. The summed E-state index contributed by atoms with van der Waals surface area (Å²) in [4.78, 5) is 10.4. The summed E-state index contributed by atoms with van der Waals surface area (Å²) in [7, 11) is 1.99. The molecule has 0 aromatic carbocycles. The van der Waals surface area contributed by atoms with E-state index < -0.39 is 14.8 Å². The van der Waals surface area contributed by atoms with E-state index in [9.17, 15) is 9.90 Å². The number of hydrogen-bond donors (Lipinski definition) is 0. The molecule has 0 aromatic heterocycles. The van der Waals surface area contributed by atoms with Gasteiger partial charge < -0.3 is 23.2 Å². The number of aliphatic carboxylic acids is 1. The zero-order chi connectivity index (χ0) is 11.9. The number of carboxylic acids is 1. The van der Waals surface area contributed by atoms with Crippen LogP contribution in [-0.2, 0) is 18.1 Å². The largest absolute Gasteiger partial charge is 0.545 e. The molecule has 88 valence electrons. The van der Waals surface area contributed by atoms with Gasteiger partial charge in [0.1, 0.15) is 0 Å². The Bertz CT molecular complexity index is 216. The van der Waals surface area contributed by atoms with Gasteiger partial charge in [-0.3, -0.25) is 0 Å². The average molecular weight is 233 g/mol. The lowest BCUT2D eigenvalue weighted by atomic mass is 10.2. The maximum Gasteiger partial charge on any atom is 0.500 e. The lowest BCUT2D eigenvalue weighted by Gasteiger charge is -2.24. The maximum atomic E-state index is 10.4. The summed E-state index contributed by atoms with van der Waals surface area (Å²) in [5.74, 6) is -1.21. The Morgan fingerprint density at radius 3 is 2.07 bits per heavy atom. The molecule has 0 atom stereocenters. The summed E-state index contributed by atoms with van der Waals surface area (Å²) in [5.41, 5.74) is 0.0845. The second kappa shape index (κ2) is 6.73. The maximum absolute atomic E-state index is 10.4. The van der Waals surface area contributed by atoms with Gasteiger partial charge in [-0.25, -0.2) is 0 Å². The van der Waals surface area contributed by atoms with Crippen molar-refractivity contribution in [2.75, 3.05) is 21.3 Å². The zero-order valence-corrected chi connectivity index (χ0v) is 10.4. The van der Waals surface area contributed by atoms with E-state index in [4.69, 9.17) is 13.3 Å². The van der Waals surface area contributed by atoms with E-state index in [0.29, 0.717) is 18.9 Å². The monoisotopic (exact) mass is 233 g/mol. The van der Waals surface area contributed by atoms with Crippen LogP contribution in [0.15, 0.2) is 12.2 Å². The fourth-order valence-electron chi connectivity index (χ4n) is 1.18. The Kier molecular flexibility index (Phi) is 6.42. The highest BCUT2D eigenvalue weighted by atomic mass is 28.4. The van der Waals surface area contributed by atoms with Gasteiger partial charge in [-0.2, -0.15) is 0 Å². The predicted molar refractivity (Wildman–Crippen MR) is 55.0 cm³/mol. The standard InChI is InChI=1S/C9H18O5Si/c1-8(9(10)11)6-5-7-15(12-2,13-3)14-4/h1,5-7H2,2-4H3,(H,10,11)/p-1. The molecule has 0 rings (SSSR count). The van der Waals surface area contributed by atoms with Crippen LogP contribution < -0.4 is 5.11 Å². The number of carbonyl (C=O) groups is 1. The third-order valence-corrected chi connectivity index (χ3v) is 5.02. The van der Waals surface area contributed by atoms with Crippen LogP contribution in [0, 0.1) is 0 Å². The molecule has 15 heavy (non-hydrogen) atoms. The summed E-state index contributed by atoms with van der Waals surface area (Å²) >= 11 is 0. The summed E-state index contributed by atoms with van der Waals surface area (Å²) in [6.07, 6.45) is 0.946. The molecule has 0 aliphatic rings. The van der Waals surface area contributed by atoms with Crippen LogP contribution in [0.4, 0.5) is 0 Å². The van der Waals surface area contributed by atoms with Crippen molar-refractivity contribution < 1.29 is 23.2 Å². The molecule has 0 aliphatic carbocycles. The van der Waals surface area contributed by atoms with Gasteiger partial charge in [0.2, 0.25) is 0 Å². The third kappa shape index (κ3) is 4.56. The van der Waals surface area contributed by atoms with E-state index in [-0.39, 0.29) is 5.57 Å². The first kappa shape index (κ1) is 14.3. The van der Waals surface area contributed by atoms with E-state index in [1.807, 2.05) is 0 Å². The molecule has 0 fully saturated rings. The smallest absolute Gasteiger partial charge is 0.500 e. The Hall–Kier alpha value is -0.693. The molecular weight excluding hydrogens is 216 g/mol. The van der Waals surface area contributed by atoms with E-state index >= 15 is 0 Å². The quantitative estimate of drug-likeness (QED) is 0.434. The minimum Gasteiger partial charge on any atom is -0.545 e. The van der Waals surface area contributed by atoms with Crippen molar-refractivity contribution in [3.05, 3.63) is 12.2 Å².